The van der Waals surface area contributed by atoms with Crippen LogP contribution < -0.4 is 10.1 Å². The molecule has 0 amide bonds. The van der Waals surface area contributed by atoms with E-state index in [-0.39, 0.29) is 6.10 Å². The van der Waals surface area contributed by atoms with Crippen molar-refractivity contribution in [2.75, 3.05) is 6.54 Å². The van der Waals surface area contributed by atoms with E-state index in [4.69, 9.17) is 4.74 Å². The van der Waals surface area contributed by atoms with Crippen molar-refractivity contribution < 1.29 is 4.74 Å². The number of pyridine rings is 1. The Hall–Kier alpha value is -1.09. The summed E-state index contributed by atoms with van der Waals surface area (Å²) in [6.45, 7) is 10.6. The minimum atomic E-state index is 0.224. The van der Waals surface area contributed by atoms with Crippen LogP contribution in [0.1, 0.15) is 46.1 Å². The summed E-state index contributed by atoms with van der Waals surface area (Å²) in [6, 6.07) is 4.03. The summed E-state index contributed by atoms with van der Waals surface area (Å²) >= 11 is 0. The molecule has 0 aliphatic carbocycles. The Labute approximate surface area is 111 Å². The molecule has 1 rings (SSSR count). The van der Waals surface area contributed by atoms with E-state index in [1.807, 2.05) is 12.3 Å². The third-order valence-corrected chi connectivity index (χ3v) is 2.68. The Morgan fingerprint density at radius 1 is 1.28 bits per heavy atom. The highest BCUT2D eigenvalue weighted by molar-refractivity contribution is 5.17. The molecule has 102 valence electrons. The zero-order valence-corrected chi connectivity index (χ0v) is 12.1. The zero-order valence-electron chi connectivity index (χ0n) is 12.1. The number of ether oxygens (including phenoxy) is 1. The maximum atomic E-state index is 5.77. The molecule has 0 radical (unpaired) electrons. The molecule has 3 heteroatoms. The molecule has 1 heterocycles. The van der Waals surface area contributed by atoms with Crippen LogP contribution in [0.3, 0.4) is 0 Å². The number of nitrogens with one attached hydrogen (secondary N) is 1. The molecule has 1 atom stereocenters. The summed E-state index contributed by atoms with van der Waals surface area (Å²) in [6.07, 6.45) is 4.32. The van der Waals surface area contributed by atoms with E-state index in [0.29, 0.717) is 5.92 Å². The van der Waals surface area contributed by atoms with Crippen LogP contribution in [0, 0.1) is 5.92 Å². The summed E-state index contributed by atoms with van der Waals surface area (Å²) in [4.78, 5) is 4.34. The van der Waals surface area contributed by atoms with Crippen molar-refractivity contribution in [2.45, 2.75) is 53.2 Å². The van der Waals surface area contributed by atoms with Crippen LogP contribution in [0.2, 0.25) is 0 Å². The largest absolute Gasteiger partial charge is 0.475 e. The van der Waals surface area contributed by atoms with Gasteiger partial charge >= 0.3 is 0 Å². The zero-order chi connectivity index (χ0) is 13.4. The fourth-order valence-corrected chi connectivity index (χ4v) is 1.91. The van der Waals surface area contributed by atoms with E-state index in [1.165, 1.54) is 5.56 Å². The van der Waals surface area contributed by atoms with Gasteiger partial charge in [0.05, 0.1) is 6.10 Å². The van der Waals surface area contributed by atoms with Crippen LogP contribution >= 0.6 is 0 Å². The fourth-order valence-electron chi connectivity index (χ4n) is 1.91. The summed E-state index contributed by atoms with van der Waals surface area (Å²) < 4.78 is 5.77. The van der Waals surface area contributed by atoms with Crippen LogP contribution in [0.5, 0.6) is 5.88 Å². The molecular weight excluding hydrogens is 224 g/mol. The minimum absolute atomic E-state index is 0.224. The molecule has 0 aromatic carbocycles. The highest BCUT2D eigenvalue weighted by Crippen LogP contribution is 2.13. The van der Waals surface area contributed by atoms with Gasteiger partial charge in [0.25, 0.3) is 0 Å². The second kappa shape index (κ2) is 8.09. The quantitative estimate of drug-likeness (QED) is 0.718. The number of hydrogen-bond donors (Lipinski definition) is 1. The third-order valence-electron chi connectivity index (χ3n) is 2.68. The van der Waals surface area contributed by atoms with E-state index >= 15 is 0 Å². The van der Waals surface area contributed by atoms with Gasteiger partial charge in [-0.3, -0.25) is 0 Å². The van der Waals surface area contributed by atoms with Crippen LogP contribution in [-0.4, -0.2) is 17.6 Å². The summed E-state index contributed by atoms with van der Waals surface area (Å²) in [5.41, 5.74) is 1.20. The van der Waals surface area contributed by atoms with Gasteiger partial charge in [-0.1, -0.05) is 26.8 Å². The second-order valence-corrected chi connectivity index (χ2v) is 5.24. The Morgan fingerprint density at radius 3 is 2.61 bits per heavy atom. The highest BCUT2D eigenvalue weighted by Gasteiger charge is 2.07. The van der Waals surface area contributed by atoms with Crippen molar-refractivity contribution in [3.63, 3.8) is 0 Å². The molecular formula is C15H26N2O. The molecule has 1 aromatic heterocycles. The van der Waals surface area contributed by atoms with Gasteiger partial charge in [0.15, 0.2) is 0 Å². The van der Waals surface area contributed by atoms with Crippen molar-refractivity contribution in [1.29, 1.82) is 0 Å². The van der Waals surface area contributed by atoms with Gasteiger partial charge in [-0.15, -0.1) is 0 Å². The maximum absolute atomic E-state index is 5.77. The van der Waals surface area contributed by atoms with Gasteiger partial charge in [0, 0.05) is 18.8 Å². The lowest BCUT2D eigenvalue weighted by Gasteiger charge is -2.15. The monoisotopic (exact) mass is 250 g/mol. The van der Waals surface area contributed by atoms with Gasteiger partial charge in [-0.2, -0.15) is 0 Å². The molecule has 18 heavy (non-hydrogen) atoms. The first-order valence-corrected chi connectivity index (χ1v) is 6.94. The van der Waals surface area contributed by atoms with Crippen LogP contribution in [0.25, 0.3) is 0 Å². The SMILES string of the molecule is CCCNCc1ccc(OC(C)CC(C)C)nc1. The van der Waals surface area contributed by atoms with Gasteiger partial charge in [-0.05, 0) is 37.8 Å². The number of nitrogens with zero attached hydrogens (tertiary/aromatic N) is 1. The Kier molecular flexibility index (Phi) is 6.73. The molecule has 1 unspecified atom stereocenters. The standard InChI is InChI=1S/C15H26N2O/c1-5-8-16-10-14-6-7-15(17-11-14)18-13(4)9-12(2)3/h6-7,11-13,16H,5,8-10H2,1-4H3. The summed E-state index contributed by atoms with van der Waals surface area (Å²) in [5, 5.41) is 3.36. The molecule has 0 aliphatic rings. The third kappa shape index (κ3) is 6.01. The Bertz CT molecular complexity index is 322. The highest BCUT2D eigenvalue weighted by atomic mass is 16.5. The Balaban J connectivity index is 2.39. The molecule has 0 bridgehead atoms. The molecule has 0 aliphatic heterocycles. The van der Waals surface area contributed by atoms with Crippen molar-refractivity contribution in [3.05, 3.63) is 23.9 Å². The van der Waals surface area contributed by atoms with Crippen LogP contribution in [0.15, 0.2) is 18.3 Å². The number of hydrogen-bond acceptors (Lipinski definition) is 3. The number of rotatable bonds is 8. The molecule has 1 aromatic rings. The molecule has 0 saturated carbocycles. The fraction of sp³-hybridized carbons (Fsp3) is 0.667. The van der Waals surface area contributed by atoms with E-state index in [0.717, 1.165) is 31.8 Å². The second-order valence-electron chi connectivity index (χ2n) is 5.24. The molecule has 0 saturated heterocycles. The first-order chi connectivity index (χ1) is 8.61. The van der Waals surface area contributed by atoms with Gasteiger partial charge < -0.3 is 10.1 Å². The lowest BCUT2D eigenvalue weighted by molar-refractivity contribution is 0.185. The maximum Gasteiger partial charge on any atom is 0.213 e. The molecule has 0 spiro atoms. The lowest BCUT2D eigenvalue weighted by Crippen LogP contribution is -2.16. The van der Waals surface area contributed by atoms with Crippen LogP contribution in [-0.2, 0) is 6.54 Å². The molecule has 3 nitrogen and oxygen atoms in total. The predicted octanol–water partition coefficient (Wildman–Crippen LogP) is 3.39. The smallest absolute Gasteiger partial charge is 0.213 e. The first kappa shape index (κ1) is 15.0. The topological polar surface area (TPSA) is 34.1 Å². The van der Waals surface area contributed by atoms with Crippen molar-refractivity contribution in [1.82, 2.24) is 10.3 Å². The van der Waals surface area contributed by atoms with Gasteiger partial charge in [0.1, 0.15) is 0 Å². The normalized spacial score (nSPS) is 12.7. The Morgan fingerprint density at radius 2 is 2.06 bits per heavy atom. The average molecular weight is 250 g/mol. The summed E-state index contributed by atoms with van der Waals surface area (Å²) in [7, 11) is 0. The average Bonchev–Trinajstić information content (AvgIpc) is 2.30. The summed E-state index contributed by atoms with van der Waals surface area (Å²) in [5.74, 6) is 1.37. The predicted molar refractivity (Wildman–Crippen MR) is 75.8 cm³/mol. The van der Waals surface area contributed by atoms with E-state index in [1.54, 1.807) is 0 Å². The van der Waals surface area contributed by atoms with E-state index < -0.39 is 0 Å². The minimum Gasteiger partial charge on any atom is -0.475 e. The van der Waals surface area contributed by atoms with Crippen molar-refractivity contribution in [2.24, 2.45) is 5.92 Å². The van der Waals surface area contributed by atoms with E-state index in [2.05, 4.69) is 44.1 Å². The molecule has 1 N–H and O–H groups in total. The van der Waals surface area contributed by atoms with Crippen LogP contribution in [0.4, 0.5) is 0 Å². The molecule has 0 fully saturated rings. The number of aromatic nitrogens is 1. The van der Waals surface area contributed by atoms with Gasteiger partial charge in [0.2, 0.25) is 5.88 Å². The first-order valence-electron chi connectivity index (χ1n) is 6.94. The lowest BCUT2D eigenvalue weighted by atomic mass is 10.1. The van der Waals surface area contributed by atoms with Crippen molar-refractivity contribution in [3.8, 4) is 5.88 Å². The van der Waals surface area contributed by atoms with E-state index in [9.17, 15) is 0 Å². The van der Waals surface area contributed by atoms with Crippen molar-refractivity contribution >= 4 is 0 Å². The van der Waals surface area contributed by atoms with Gasteiger partial charge in [-0.25, -0.2) is 4.98 Å².